The van der Waals surface area contributed by atoms with Gasteiger partial charge in [-0.1, -0.05) is 6.07 Å². The number of thiophene rings is 1. The Kier molecular flexibility index (Phi) is 3.45. The van der Waals surface area contributed by atoms with Gasteiger partial charge in [-0.15, -0.1) is 11.3 Å². The highest BCUT2D eigenvalue weighted by Crippen LogP contribution is 2.32. The molecule has 7 heteroatoms. The maximum atomic E-state index is 13.6. The first kappa shape index (κ1) is 13.7. The first-order valence-corrected chi connectivity index (χ1v) is 7.17. The standard InChI is InChI=1S/C14H8ClFN4S/c1-7-5-8-12(19-14(15)20-13(8)21-7)18-11-4-2-3-10(16)9(11)6-17/h2-5H,1H3,(H,18,19,20). The predicted octanol–water partition coefficient (Wildman–Crippen LogP) is 4.41. The van der Waals surface area contributed by atoms with Crippen molar-refractivity contribution in [3.8, 4) is 6.07 Å². The van der Waals surface area contributed by atoms with Gasteiger partial charge < -0.3 is 5.32 Å². The van der Waals surface area contributed by atoms with Gasteiger partial charge in [-0.3, -0.25) is 0 Å². The minimum Gasteiger partial charge on any atom is -0.338 e. The van der Waals surface area contributed by atoms with Gasteiger partial charge in [0.15, 0.2) is 0 Å². The van der Waals surface area contributed by atoms with Crippen LogP contribution in [0.4, 0.5) is 15.9 Å². The molecule has 0 bridgehead atoms. The lowest BCUT2D eigenvalue weighted by Gasteiger charge is -2.09. The first-order valence-electron chi connectivity index (χ1n) is 5.98. The second-order valence-corrected chi connectivity index (χ2v) is 5.89. The van der Waals surface area contributed by atoms with Crippen LogP contribution in [0.5, 0.6) is 0 Å². The maximum Gasteiger partial charge on any atom is 0.225 e. The molecule has 0 saturated heterocycles. The van der Waals surface area contributed by atoms with E-state index in [4.69, 9.17) is 16.9 Å². The summed E-state index contributed by atoms with van der Waals surface area (Å²) in [6, 6.07) is 8.14. The largest absolute Gasteiger partial charge is 0.338 e. The fourth-order valence-corrected chi connectivity index (χ4v) is 3.08. The quantitative estimate of drug-likeness (QED) is 0.711. The molecule has 0 amide bonds. The molecular formula is C14H8ClFN4S. The molecule has 0 aliphatic rings. The van der Waals surface area contributed by atoms with Crippen LogP contribution in [-0.2, 0) is 0 Å². The van der Waals surface area contributed by atoms with Gasteiger partial charge in [0, 0.05) is 4.88 Å². The third-order valence-electron chi connectivity index (χ3n) is 2.87. The smallest absolute Gasteiger partial charge is 0.225 e. The third-order valence-corrected chi connectivity index (χ3v) is 3.98. The Balaban J connectivity index is 2.15. The van der Waals surface area contributed by atoms with E-state index in [2.05, 4.69) is 15.3 Å². The molecule has 1 aromatic carbocycles. The molecule has 0 fully saturated rings. The van der Waals surface area contributed by atoms with Gasteiger partial charge in [-0.05, 0) is 36.7 Å². The topological polar surface area (TPSA) is 61.6 Å². The van der Waals surface area contributed by atoms with Gasteiger partial charge in [-0.25, -0.2) is 9.37 Å². The molecule has 0 atom stereocenters. The predicted molar refractivity (Wildman–Crippen MR) is 81.6 cm³/mol. The van der Waals surface area contributed by atoms with E-state index in [0.29, 0.717) is 11.5 Å². The van der Waals surface area contributed by atoms with Gasteiger partial charge in [-0.2, -0.15) is 10.2 Å². The molecule has 2 aromatic heterocycles. The molecule has 0 aliphatic heterocycles. The van der Waals surface area contributed by atoms with Crippen molar-refractivity contribution in [2.24, 2.45) is 0 Å². The van der Waals surface area contributed by atoms with E-state index in [1.165, 1.54) is 23.5 Å². The molecule has 0 saturated carbocycles. The molecule has 3 aromatic rings. The van der Waals surface area contributed by atoms with E-state index in [1.54, 1.807) is 6.07 Å². The Hall–Kier alpha value is -2.23. The SMILES string of the molecule is Cc1cc2c(Nc3cccc(F)c3C#N)nc(Cl)nc2s1. The molecular weight excluding hydrogens is 311 g/mol. The van der Waals surface area contributed by atoms with Crippen molar-refractivity contribution in [3.05, 3.63) is 45.8 Å². The summed E-state index contributed by atoms with van der Waals surface area (Å²) in [6.07, 6.45) is 0. The summed E-state index contributed by atoms with van der Waals surface area (Å²) in [7, 11) is 0. The second kappa shape index (κ2) is 5.28. The molecule has 3 rings (SSSR count). The molecule has 21 heavy (non-hydrogen) atoms. The molecule has 0 radical (unpaired) electrons. The van der Waals surface area contributed by atoms with Gasteiger partial charge in [0.1, 0.15) is 28.1 Å². The number of anilines is 2. The number of benzene rings is 1. The average Bonchev–Trinajstić information content (AvgIpc) is 2.79. The number of hydrogen-bond acceptors (Lipinski definition) is 5. The van der Waals surface area contributed by atoms with Crippen LogP contribution in [0.1, 0.15) is 10.4 Å². The highest BCUT2D eigenvalue weighted by Gasteiger charge is 2.13. The maximum absolute atomic E-state index is 13.6. The van der Waals surface area contributed by atoms with Gasteiger partial charge in [0.2, 0.25) is 5.28 Å². The van der Waals surface area contributed by atoms with Crippen LogP contribution in [0.2, 0.25) is 5.28 Å². The Labute approximate surface area is 128 Å². The number of nitrogens with one attached hydrogen (secondary N) is 1. The molecule has 2 heterocycles. The number of halogens is 2. The first-order chi connectivity index (χ1) is 10.1. The normalized spacial score (nSPS) is 10.6. The zero-order valence-corrected chi connectivity index (χ0v) is 12.4. The second-order valence-electron chi connectivity index (χ2n) is 4.32. The highest BCUT2D eigenvalue weighted by atomic mass is 35.5. The van der Waals surface area contributed by atoms with Gasteiger partial charge in [0.25, 0.3) is 0 Å². The van der Waals surface area contributed by atoms with Crippen LogP contribution >= 0.6 is 22.9 Å². The van der Waals surface area contributed by atoms with Crippen LogP contribution < -0.4 is 5.32 Å². The zero-order chi connectivity index (χ0) is 15.0. The van der Waals surface area contributed by atoms with Gasteiger partial charge in [0.05, 0.1) is 11.1 Å². The van der Waals surface area contributed by atoms with Crippen molar-refractivity contribution < 1.29 is 4.39 Å². The number of hydrogen-bond donors (Lipinski definition) is 1. The number of rotatable bonds is 2. The van der Waals surface area contributed by atoms with Crippen LogP contribution in [0, 0.1) is 24.1 Å². The lowest BCUT2D eigenvalue weighted by atomic mass is 10.2. The summed E-state index contributed by atoms with van der Waals surface area (Å²) < 4.78 is 13.6. The molecule has 0 unspecified atom stereocenters. The van der Waals surface area contributed by atoms with Crippen molar-refractivity contribution in [2.45, 2.75) is 6.92 Å². The van der Waals surface area contributed by atoms with E-state index in [1.807, 2.05) is 19.1 Å². The minimum absolute atomic E-state index is 0.0627. The van der Waals surface area contributed by atoms with Crippen molar-refractivity contribution >= 4 is 44.7 Å². The number of aryl methyl sites for hydroxylation is 1. The van der Waals surface area contributed by atoms with Crippen molar-refractivity contribution in [2.75, 3.05) is 5.32 Å². The summed E-state index contributed by atoms with van der Waals surface area (Å²) in [4.78, 5) is 10.1. The van der Waals surface area contributed by atoms with E-state index < -0.39 is 5.82 Å². The Bertz CT molecular complexity index is 885. The summed E-state index contributed by atoms with van der Waals surface area (Å²) in [5.74, 6) is -0.128. The summed E-state index contributed by atoms with van der Waals surface area (Å²) in [6.45, 7) is 1.95. The number of nitriles is 1. The summed E-state index contributed by atoms with van der Waals surface area (Å²) in [5.41, 5.74) is 0.282. The van der Waals surface area contributed by atoms with Gasteiger partial charge >= 0.3 is 0 Å². The fraction of sp³-hybridized carbons (Fsp3) is 0.0714. The van der Waals surface area contributed by atoms with E-state index in [0.717, 1.165) is 15.1 Å². The number of fused-ring (bicyclic) bond motifs is 1. The van der Waals surface area contributed by atoms with Crippen LogP contribution in [0.15, 0.2) is 24.3 Å². The number of aromatic nitrogens is 2. The van der Waals surface area contributed by atoms with Crippen LogP contribution in [0.3, 0.4) is 0 Å². The zero-order valence-electron chi connectivity index (χ0n) is 10.8. The summed E-state index contributed by atoms with van der Waals surface area (Å²) >= 11 is 7.40. The average molecular weight is 319 g/mol. The molecule has 0 spiro atoms. The van der Waals surface area contributed by atoms with Crippen molar-refractivity contribution in [3.63, 3.8) is 0 Å². The van der Waals surface area contributed by atoms with Crippen LogP contribution in [-0.4, -0.2) is 9.97 Å². The Morgan fingerprint density at radius 2 is 2.19 bits per heavy atom. The monoisotopic (exact) mass is 318 g/mol. The molecule has 1 N–H and O–H groups in total. The lowest BCUT2D eigenvalue weighted by Crippen LogP contribution is -1.99. The fourth-order valence-electron chi connectivity index (χ4n) is 1.98. The van der Waals surface area contributed by atoms with Crippen molar-refractivity contribution in [1.82, 2.24) is 9.97 Å². The lowest BCUT2D eigenvalue weighted by molar-refractivity contribution is 0.624. The highest BCUT2D eigenvalue weighted by molar-refractivity contribution is 7.18. The van der Waals surface area contributed by atoms with E-state index >= 15 is 0 Å². The Morgan fingerprint density at radius 1 is 1.38 bits per heavy atom. The third kappa shape index (κ3) is 2.53. The van der Waals surface area contributed by atoms with E-state index in [9.17, 15) is 4.39 Å². The van der Waals surface area contributed by atoms with Crippen LogP contribution in [0.25, 0.3) is 10.2 Å². The van der Waals surface area contributed by atoms with Crippen molar-refractivity contribution in [1.29, 1.82) is 5.26 Å². The van der Waals surface area contributed by atoms with E-state index in [-0.39, 0.29) is 10.8 Å². The molecule has 104 valence electrons. The molecule has 4 nitrogen and oxygen atoms in total. The number of nitrogens with zero attached hydrogens (tertiary/aromatic N) is 3. The Morgan fingerprint density at radius 3 is 2.95 bits per heavy atom. The summed E-state index contributed by atoms with van der Waals surface area (Å²) in [5, 5.41) is 12.9. The molecule has 0 aliphatic carbocycles. The minimum atomic E-state index is -0.583.